The first-order chi connectivity index (χ1) is 17.0. The van der Waals surface area contributed by atoms with Gasteiger partial charge in [0.05, 0.1) is 29.0 Å². The molecule has 3 aliphatic carbocycles. The van der Waals surface area contributed by atoms with E-state index in [-0.39, 0.29) is 5.78 Å². The molecule has 0 unspecified atom stereocenters. The van der Waals surface area contributed by atoms with Crippen molar-refractivity contribution in [3.8, 4) is 0 Å². The van der Waals surface area contributed by atoms with E-state index in [9.17, 15) is 24.0 Å². The summed E-state index contributed by atoms with van der Waals surface area (Å²) in [6.45, 7) is 5.64. The Bertz CT molecular complexity index is 1200. The summed E-state index contributed by atoms with van der Waals surface area (Å²) in [5, 5.41) is 2.95. The number of benzene rings is 1. The maximum Gasteiger partial charge on any atom is 0.410 e. The lowest BCUT2D eigenvalue weighted by atomic mass is 9.68. The zero-order valence-corrected chi connectivity index (χ0v) is 20.5. The number of carbonyl (C=O) groups is 5. The number of carbonyl (C=O) groups excluding carboxylic acids is 5. The summed E-state index contributed by atoms with van der Waals surface area (Å²) in [5.41, 5.74) is -1.66. The lowest BCUT2D eigenvalue weighted by Crippen LogP contribution is -2.60. The zero-order valence-electron chi connectivity index (χ0n) is 20.5. The first-order valence-corrected chi connectivity index (χ1v) is 12.2. The maximum atomic E-state index is 13.7. The molecule has 9 heteroatoms. The van der Waals surface area contributed by atoms with Crippen molar-refractivity contribution in [2.45, 2.75) is 50.8 Å². The Morgan fingerprint density at radius 3 is 2.47 bits per heavy atom. The van der Waals surface area contributed by atoms with Crippen LogP contribution in [0, 0.1) is 17.8 Å². The monoisotopic (exact) mass is 491 g/mol. The quantitative estimate of drug-likeness (QED) is 0.513. The van der Waals surface area contributed by atoms with E-state index in [0.717, 1.165) is 4.90 Å². The number of ketones is 1. The van der Waals surface area contributed by atoms with Crippen LogP contribution < -0.4 is 10.2 Å². The van der Waals surface area contributed by atoms with Crippen LogP contribution in [0.2, 0.25) is 0 Å². The molecule has 0 aromatic heterocycles. The van der Waals surface area contributed by atoms with Crippen molar-refractivity contribution in [1.29, 1.82) is 0 Å². The Kier molecular flexibility index (Phi) is 5.61. The highest BCUT2D eigenvalue weighted by molar-refractivity contribution is 6.24. The standard InChI is InChI=1S/C27H29N3O6/c1-26(2,3)36-25(35)29-15-7-10-18(29)22(32)28-27-13-11-17(19(31)12-14-27)20-21(27)24(34)30(23(20)33)16-8-5-4-6-9-16/h4-6,8-9,11-14,17-18,20-21H,7,10,15H2,1-3H3,(H,28,32)/t17-,18-,20-,21+,27-/m0/s1. The molecule has 0 radical (unpaired) electrons. The number of imide groups is 1. The topological polar surface area (TPSA) is 113 Å². The molecule has 0 spiro atoms. The SMILES string of the molecule is CC(C)(C)OC(=O)N1CCC[C@H]1C(=O)N[C@]12C=CC(=O)[C@H](C=C1)[C@@H]1C(=O)N(c3ccccc3)C(=O)[C@@H]12. The molecule has 1 aromatic rings. The number of fused-ring (bicyclic) bond motifs is 1. The van der Waals surface area contributed by atoms with Crippen molar-refractivity contribution >= 4 is 35.3 Å². The molecule has 2 bridgehead atoms. The number of ether oxygens (including phenoxy) is 1. The van der Waals surface area contributed by atoms with Crippen molar-refractivity contribution < 1.29 is 28.7 Å². The van der Waals surface area contributed by atoms with Gasteiger partial charge in [0.1, 0.15) is 11.6 Å². The molecule has 1 N–H and O–H groups in total. The van der Waals surface area contributed by atoms with E-state index < -0.39 is 58.8 Å². The van der Waals surface area contributed by atoms with Gasteiger partial charge in [-0.2, -0.15) is 0 Å². The average molecular weight is 492 g/mol. The first-order valence-electron chi connectivity index (χ1n) is 12.2. The second kappa shape index (κ2) is 8.43. The number of hydrogen-bond acceptors (Lipinski definition) is 6. The third-order valence-corrected chi connectivity index (χ3v) is 7.22. The number of likely N-dealkylation sites (tertiary alicyclic amines) is 1. The van der Waals surface area contributed by atoms with Gasteiger partial charge < -0.3 is 10.1 Å². The smallest absolute Gasteiger partial charge is 0.410 e. The molecular weight excluding hydrogens is 462 g/mol. The van der Waals surface area contributed by atoms with Crippen molar-refractivity contribution in [3.63, 3.8) is 0 Å². The van der Waals surface area contributed by atoms with E-state index >= 15 is 0 Å². The van der Waals surface area contributed by atoms with Gasteiger partial charge in [0, 0.05) is 6.54 Å². The van der Waals surface area contributed by atoms with Crippen molar-refractivity contribution in [3.05, 3.63) is 54.6 Å². The normalized spacial score (nSPS) is 31.0. The van der Waals surface area contributed by atoms with E-state index in [2.05, 4.69) is 5.32 Å². The van der Waals surface area contributed by atoms with Crippen LogP contribution >= 0.6 is 0 Å². The van der Waals surface area contributed by atoms with Gasteiger partial charge >= 0.3 is 6.09 Å². The van der Waals surface area contributed by atoms with Crippen LogP contribution in [0.25, 0.3) is 0 Å². The van der Waals surface area contributed by atoms with Gasteiger partial charge in [-0.1, -0.05) is 36.4 Å². The highest BCUT2D eigenvalue weighted by atomic mass is 16.6. The molecule has 4 amide bonds. The van der Waals surface area contributed by atoms with Crippen LogP contribution in [-0.2, 0) is 23.9 Å². The number of rotatable bonds is 3. The first kappa shape index (κ1) is 24.0. The number of amides is 4. The van der Waals surface area contributed by atoms with Gasteiger partial charge in [-0.25, -0.2) is 9.69 Å². The summed E-state index contributed by atoms with van der Waals surface area (Å²) >= 11 is 0. The largest absolute Gasteiger partial charge is 0.444 e. The van der Waals surface area contributed by atoms with Crippen LogP contribution in [0.5, 0.6) is 0 Å². The fourth-order valence-electron chi connectivity index (χ4n) is 5.67. The van der Waals surface area contributed by atoms with Crippen molar-refractivity contribution in [2.24, 2.45) is 17.8 Å². The lowest BCUT2D eigenvalue weighted by Gasteiger charge is -2.39. The number of para-hydroxylation sites is 1. The fraction of sp³-hybridized carbons (Fsp3) is 0.444. The number of nitrogens with zero attached hydrogens (tertiary/aromatic N) is 2. The summed E-state index contributed by atoms with van der Waals surface area (Å²) in [6.07, 6.45) is 6.60. The van der Waals surface area contributed by atoms with Gasteiger partial charge in [0.15, 0.2) is 5.78 Å². The molecule has 2 fully saturated rings. The number of hydrogen-bond donors (Lipinski definition) is 1. The predicted octanol–water partition coefficient (Wildman–Crippen LogP) is 2.37. The summed E-state index contributed by atoms with van der Waals surface area (Å²) < 4.78 is 5.48. The number of allylic oxidation sites excluding steroid dienone is 2. The minimum Gasteiger partial charge on any atom is -0.444 e. The third-order valence-electron chi connectivity index (χ3n) is 7.22. The Labute approximate surface area is 209 Å². The van der Waals surface area contributed by atoms with E-state index in [1.165, 1.54) is 17.1 Å². The molecule has 0 saturated carbocycles. The maximum absolute atomic E-state index is 13.7. The summed E-state index contributed by atoms with van der Waals surface area (Å²) in [7, 11) is 0. The highest BCUT2D eigenvalue weighted by Crippen LogP contribution is 2.48. The second-order valence-electron chi connectivity index (χ2n) is 10.7. The number of anilines is 1. The molecule has 2 aliphatic heterocycles. The molecule has 36 heavy (non-hydrogen) atoms. The van der Waals surface area contributed by atoms with Crippen LogP contribution in [0.15, 0.2) is 54.6 Å². The minimum absolute atomic E-state index is 0.290. The molecule has 188 valence electrons. The Morgan fingerprint density at radius 2 is 1.78 bits per heavy atom. The molecule has 9 nitrogen and oxygen atoms in total. The molecule has 1 aromatic carbocycles. The van der Waals surface area contributed by atoms with Crippen LogP contribution in [-0.4, -0.2) is 58.2 Å². The van der Waals surface area contributed by atoms with Crippen LogP contribution in [0.4, 0.5) is 10.5 Å². The lowest BCUT2D eigenvalue weighted by molar-refractivity contribution is -0.131. The van der Waals surface area contributed by atoms with Crippen LogP contribution in [0.1, 0.15) is 33.6 Å². The van der Waals surface area contributed by atoms with Crippen molar-refractivity contribution in [2.75, 3.05) is 11.4 Å². The van der Waals surface area contributed by atoms with Crippen molar-refractivity contribution in [1.82, 2.24) is 10.2 Å². The molecular formula is C27H29N3O6. The highest BCUT2D eigenvalue weighted by Gasteiger charge is 2.63. The Hall–Kier alpha value is -3.75. The molecule has 2 saturated heterocycles. The van der Waals surface area contributed by atoms with E-state index in [4.69, 9.17) is 4.74 Å². The predicted molar refractivity (Wildman–Crippen MR) is 130 cm³/mol. The second-order valence-corrected chi connectivity index (χ2v) is 10.7. The molecule has 5 aliphatic rings. The number of nitrogens with one attached hydrogen (secondary N) is 1. The summed E-state index contributed by atoms with van der Waals surface area (Å²) in [6, 6.07) is 7.77. The van der Waals surface area contributed by atoms with Gasteiger partial charge in [0.2, 0.25) is 17.7 Å². The van der Waals surface area contributed by atoms with E-state index in [1.807, 2.05) is 0 Å². The minimum atomic E-state index is -1.37. The molecule has 2 heterocycles. The fourth-order valence-corrected chi connectivity index (χ4v) is 5.67. The van der Waals surface area contributed by atoms with Gasteiger partial charge in [0.25, 0.3) is 0 Å². The Morgan fingerprint density at radius 1 is 1.06 bits per heavy atom. The molecule has 6 rings (SSSR count). The van der Waals surface area contributed by atoms with Gasteiger partial charge in [-0.3, -0.25) is 24.1 Å². The third kappa shape index (κ3) is 3.83. The summed E-state index contributed by atoms with van der Waals surface area (Å²) in [4.78, 5) is 68.9. The van der Waals surface area contributed by atoms with E-state index in [1.54, 1.807) is 63.3 Å². The van der Waals surface area contributed by atoms with Crippen LogP contribution in [0.3, 0.4) is 0 Å². The summed E-state index contributed by atoms with van der Waals surface area (Å²) in [5.74, 6) is -4.38. The van der Waals surface area contributed by atoms with Gasteiger partial charge in [-0.05, 0) is 51.8 Å². The van der Waals surface area contributed by atoms with Gasteiger partial charge in [-0.15, -0.1) is 0 Å². The van der Waals surface area contributed by atoms with E-state index in [0.29, 0.717) is 25.1 Å². The average Bonchev–Trinajstić information content (AvgIpc) is 3.34. The zero-order chi connectivity index (χ0) is 25.8. The Balaban J connectivity index is 1.47. The molecule has 5 atom stereocenters.